The molecule has 0 aromatic heterocycles. The number of carbonyl (C=O) groups is 1. The maximum Gasteiger partial charge on any atom is 0.264 e. The third-order valence-electron chi connectivity index (χ3n) is 1.43. The minimum atomic E-state index is -0.589. The molecule has 0 aliphatic carbocycles. The van der Waals surface area contributed by atoms with Gasteiger partial charge < -0.3 is 11.5 Å². The van der Waals surface area contributed by atoms with Crippen molar-refractivity contribution in [1.29, 1.82) is 0 Å². The third kappa shape index (κ3) is 3.05. The van der Waals surface area contributed by atoms with Gasteiger partial charge in [0.15, 0.2) is 0 Å². The molecular weight excluding hydrogens is 152 g/mol. The second kappa shape index (κ2) is 5.18. The molecule has 3 nitrogen and oxygen atoms in total. The van der Waals surface area contributed by atoms with Crippen LogP contribution in [0.1, 0.15) is 12.8 Å². The van der Waals surface area contributed by atoms with Gasteiger partial charge in [-0.05, 0) is 18.4 Å². The zero-order valence-corrected chi connectivity index (χ0v) is 7.05. The fourth-order valence-electron chi connectivity index (χ4n) is 0.826. The number of hydrogen-bond donors (Lipinski definition) is 2. The minimum Gasteiger partial charge on any atom is -0.394 e. The molecular formula is C9H14N2O. The summed E-state index contributed by atoms with van der Waals surface area (Å²) in [6, 6.07) is 0. The van der Waals surface area contributed by atoms with Gasteiger partial charge in [-0.15, -0.1) is 13.2 Å². The smallest absolute Gasteiger partial charge is 0.264 e. The van der Waals surface area contributed by atoms with Gasteiger partial charge in [0.1, 0.15) is 0 Å². The summed E-state index contributed by atoms with van der Waals surface area (Å²) in [6.07, 6.45) is 4.49. The number of rotatable bonds is 5. The Morgan fingerprint density at radius 2 is 1.58 bits per heavy atom. The van der Waals surface area contributed by atoms with Gasteiger partial charge in [0, 0.05) is 0 Å². The standard InChI is InChI=1S/C9H14N2O/c1-3-5-7(6-4-2)8(10)9(11)12/h3-4H,1-2,5-6,10H2,(H2,11,12). The fraction of sp³-hybridized carbons (Fsp3) is 0.222. The van der Waals surface area contributed by atoms with Gasteiger partial charge in [-0.1, -0.05) is 12.2 Å². The molecule has 0 unspecified atom stereocenters. The number of primary amides is 1. The molecule has 12 heavy (non-hydrogen) atoms. The molecule has 0 fully saturated rings. The highest BCUT2D eigenvalue weighted by Gasteiger charge is 2.05. The average molecular weight is 166 g/mol. The van der Waals surface area contributed by atoms with E-state index in [-0.39, 0.29) is 5.70 Å². The summed E-state index contributed by atoms with van der Waals surface area (Å²) < 4.78 is 0. The van der Waals surface area contributed by atoms with Crippen molar-refractivity contribution in [3.8, 4) is 0 Å². The fourth-order valence-corrected chi connectivity index (χ4v) is 0.826. The van der Waals surface area contributed by atoms with E-state index in [9.17, 15) is 4.79 Å². The van der Waals surface area contributed by atoms with E-state index < -0.39 is 5.91 Å². The van der Waals surface area contributed by atoms with E-state index in [1.807, 2.05) is 0 Å². The summed E-state index contributed by atoms with van der Waals surface area (Å²) in [7, 11) is 0. The molecule has 0 aliphatic rings. The SMILES string of the molecule is C=CCC(CC=C)=C(N)C(N)=O. The summed E-state index contributed by atoms with van der Waals surface area (Å²) in [6.45, 7) is 7.10. The van der Waals surface area contributed by atoms with Crippen LogP contribution >= 0.6 is 0 Å². The molecule has 0 bridgehead atoms. The first-order valence-corrected chi connectivity index (χ1v) is 3.62. The number of allylic oxidation sites excluding steroid dienone is 3. The molecule has 0 rings (SSSR count). The predicted molar refractivity (Wildman–Crippen MR) is 50.0 cm³/mol. The summed E-state index contributed by atoms with van der Waals surface area (Å²) in [5.74, 6) is -0.589. The topological polar surface area (TPSA) is 69.1 Å². The van der Waals surface area contributed by atoms with Gasteiger partial charge >= 0.3 is 0 Å². The summed E-state index contributed by atoms with van der Waals surface area (Å²) >= 11 is 0. The molecule has 1 amide bonds. The van der Waals surface area contributed by atoms with Gasteiger partial charge in [0.25, 0.3) is 5.91 Å². The zero-order chi connectivity index (χ0) is 9.56. The van der Waals surface area contributed by atoms with Crippen LogP contribution in [0.15, 0.2) is 36.6 Å². The van der Waals surface area contributed by atoms with Crippen molar-refractivity contribution >= 4 is 5.91 Å². The quantitative estimate of drug-likeness (QED) is 0.469. The van der Waals surface area contributed by atoms with Crippen molar-refractivity contribution in [1.82, 2.24) is 0 Å². The lowest BCUT2D eigenvalue weighted by molar-refractivity contribution is -0.114. The number of amides is 1. The lowest BCUT2D eigenvalue weighted by Crippen LogP contribution is -2.22. The Balaban J connectivity index is 4.64. The minimum absolute atomic E-state index is 0.120. The average Bonchev–Trinajstić information content (AvgIpc) is 2.03. The number of nitrogens with two attached hydrogens (primary N) is 2. The summed E-state index contributed by atoms with van der Waals surface area (Å²) in [4.78, 5) is 10.7. The van der Waals surface area contributed by atoms with Gasteiger partial charge in [0.2, 0.25) is 0 Å². The van der Waals surface area contributed by atoms with Crippen LogP contribution in [0, 0.1) is 0 Å². The molecule has 4 N–H and O–H groups in total. The summed E-state index contributed by atoms with van der Waals surface area (Å²) in [5.41, 5.74) is 11.3. The van der Waals surface area contributed by atoms with E-state index in [2.05, 4.69) is 13.2 Å². The Kier molecular flexibility index (Phi) is 4.53. The van der Waals surface area contributed by atoms with Crippen molar-refractivity contribution < 1.29 is 4.79 Å². The highest BCUT2D eigenvalue weighted by atomic mass is 16.1. The van der Waals surface area contributed by atoms with Crippen molar-refractivity contribution in [3.05, 3.63) is 36.6 Å². The lowest BCUT2D eigenvalue weighted by atomic mass is 10.1. The Morgan fingerprint density at radius 1 is 1.17 bits per heavy atom. The molecule has 0 saturated carbocycles. The molecule has 0 aromatic carbocycles. The first kappa shape index (κ1) is 10.5. The van der Waals surface area contributed by atoms with Gasteiger partial charge in [-0.2, -0.15) is 0 Å². The van der Waals surface area contributed by atoms with E-state index >= 15 is 0 Å². The van der Waals surface area contributed by atoms with E-state index in [1.54, 1.807) is 12.2 Å². The van der Waals surface area contributed by atoms with E-state index in [4.69, 9.17) is 11.5 Å². The van der Waals surface area contributed by atoms with Crippen LogP contribution in [-0.4, -0.2) is 5.91 Å². The van der Waals surface area contributed by atoms with E-state index in [1.165, 1.54) is 0 Å². The van der Waals surface area contributed by atoms with Crippen LogP contribution in [-0.2, 0) is 4.79 Å². The monoisotopic (exact) mass is 166 g/mol. The van der Waals surface area contributed by atoms with Crippen LogP contribution in [0.2, 0.25) is 0 Å². The highest BCUT2D eigenvalue weighted by molar-refractivity contribution is 5.91. The first-order valence-electron chi connectivity index (χ1n) is 3.62. The molecule has 0 heterocycles. The van der Waals surface area contributed by atoms with E-state index in [0.29, 0.717) is 12.8 Å². The Hall–Kier alpha value is -1.51. The largest absolute Gasteiger partial charge is 0.394 e. The molecule has 3 heteroatoms. The molecule has 0 saturated heterocycles. The van der Waals surface area contributed by atoms with Crippen molar-refractivity contribution in [2.45, 2.75) is 12.8 Å². The molecule has 0 aromatic rings. The van der Waals surface area contributed by atoms with Crippen LogP contribution in [0.25, 0.3) is 0 Å². The lowest BCUT2D eigenvalue weighted by Gasteiger charge is -2.04. The Labute approximate surface area is 72.4 Å². The molecule has 0 radical (unpaired) electrons. The third-order valence-corrected chi connectivity index (χ3v) is 1.43. The summed E-state index contributed by atoms with van der Waals surface area (Å²) in [5, 5.41) is 0. The Bertz CT molecular complexity index is 217. The van der Waals surface area contributed by atoms with Gasteiger partial charge in [-0.3, -0.25) is 4.79 Å². The van der Waals surface area contributed by atoms with Crippen LogP contribution in [0.3, 0.4) is 0 Å². The number of carbonyl (C=O) groups excluding carboxylic acids is 1. The van der Waals surface area contributed by atoms with Crippen LogP contribution in [0.4, 0.5) is 0 Å². The zero-order valence-electron chi connectivity index (χ0n) is 7.05. The second-order valence-corrected chi connectivity index (χ2v) is 2.37. The normalized spacial score (nSPS) is 8.67. The highest BCUT2D eigenvalue weighted by Crippen LogP contribution is 2.10. The van der Waals surface area contributed by atoms with Crippen LogP contribution in [0.5, 0.6) is 0 Å². The molecule has 66 valence electrons. The molecule has 0 spiro atoms. The van der Waals surface area contributed by atoms with E-state index in [0.717, 1.165) is 5.57 Å². The van der Waals surface area contributed by atoms with Gasteiger partial charge in [-0.25, -0.2) is 0 Å². The maximum atomic E-state index is 10.7. The predicted octanol–water partition coefficient (Wildman–Crippen LogP) is 0.837. The van der Waals surface area contributed by atoms with Crippen LogP contribution < -0.4 is 11.5 Å². The van der Waals surface area contributed by atoms with Gasteiger partial charge in [0.05, 0.1) is 5.70 Å². The molecule has 0 atom stereocenters. The van der Waals surface area contributed by atoms with Crippen molar-refractivity contribution in [3.63, 3.8) is 0 Å². The van der Waals surface area contributed by atoms with Crippen molar-refractivity contribution in [2.24, 2.45) is 11.5 Å². The molecule has 0 aliphatic heterocycles. The second-order valence-electron chi connectivity index (χ2n) is 2.37. The van der Waals surface area contributed by atoms with Crippen molar-refractivity contribution in [2.75, 3.05) is 0 Å². The first-order chi connectivity index (χ1) is 5.63. The number of hydrogen-bond acceptors (Lipinski definition) is 2. The Morgan fingerprint density at radius 3 is 1.83 bits per heavy atom. The maximum absolute atomic E-state index is 10.7.